The average Bonchev–Trinajstić information content (AvgIpc) is 3.18. The Kier molecular flexibility index (Phi) is 7.35. The van der Waals surface area contributed by atoms with E-state index in [1.165, 1.54) is 12.3 Å². The summed E-state index contributed by atoms with van der Waals surface area (Å²) in [5.74, 6) is 1.76. The van der Waals surface area contributed by atoms with Gasteiger partial charge in [0.25, 0.3) is 0 Å². The van der Waals surface area contributed by atoms with Crippen LogP contribution >= 0.6 is 11.3 Å². The number of aryl methyl sites for hydroxylation is 2. The maximum absolute atomic E-state index is 13.0. The van der Waals surface area contributed by atoms with Gasteiger partial charge in [-0.15, -0.1) is 0 Å². The molecule has 0 atom stereocenters. The Morgan fingerprint density at radius 1 is 1.20 bits per heavy atom. The minimum absolute atomic E-state index is 0.152. The molecule has 3 aromatic rings. The molecular formula is C20H25N5O3S2. The highest BCUT2D eigenvalue weighted by Crippen LogP contribution is 2.31. The topological polar surface area (TPSA) is 106 Å². The van der Waals surface area contributed by atoms with Gasteiger partial charge < -0.3 is 15.4 Å². The zero-order valence-electron chi connectivity index (χ0n) is 17.2. The van der Waals surface area contributed by atoms with Crippen LogP contribution < -0.4 is 15.4 Å². The molecule has 8 nitrogen and oxygen atoms in total. The molecule has 0 bridgehead atoms. The molecule has 0 spiro atoms. The maximum Gasteiger partial charge on any atom is 0.217 e. The molecule has 1 aromatic carbocycles. The summed E-state index contributed by atoms with van der Waals surface area (Å²) in [7, 11) is -1.77. The molecule has 0 radical (unpaired) electrons. The fraction of sp³-hybridized carbons (Fsp3) is 0.350. The third kappa shape index (κ3) is 5.53. The summed E-state index contributed by atoms with van der Waals surface area (Å²) < 4.78 is 31.5. The number of benzene rings is 1. The van der Waals surface area contributed by atoms with Crippen LogP contribution in [0.25, 0.3) is 0 Å². The van der Waals surface area contributed by atoms with E-state index in [9.17, 15) is 8.42 Å². The summed E-state index contributed by atoms with van der Waals surface area (Å²) in [6, 6.07) is 8.33. The molecule has 2 aromatic heterocycles. The van der Waals surface area contributed by atoms with E-state index >= 15 is 0 Å². The molecule has 0 saturated carbocycles. The van der Waals surface area contributed by atoms with Crippen molar-refractivity contribution in [3.05, 3.63) is 48.0 Å². The van der Waals surface area contributed by atoms with E-state index in [0.717, 1.165) is 36.4 Å². The first-order valence-electron chi connectivity index (χ1n) is 9.62. The molecular weight excluding hydrogens is 422 g/mol. The first kappa shape index (κ1) is 22.1. The summed E-state index contributed by atoms with van der Waals surface area (Å²) in [5, 5.41) is 6.67. The standard InChI is InChI=1S/C20H25N5O3S2/c1-4-28-16-8-5-9-17(12-16)30(26,27)19-13-22-20(29-19)25-18-11-15(7-6-10-21-3)23-14(2)24-18/h5,8-9,11-13,21H,4,6-7,10H2,1-3H3,(H,22,23,24,25). The van der Waals surface area contributed by atoms with E-state index in [2.05, 4.69) is 25.6 Å². The first-order valence-corrected chi connectivity index (χ1v) is 11.9. The minimum atomic E-state index is -3.69. The Bertz CT molecular complexity index is 1100. The van der Waals surface area contributed by atoms with Crippen molar-refractivity contribution < 1.29 is 13.2 Å². The fourth-order valence-electron chi connectivity index (χ4n) is 2.83. The Morgan fingerprint density at radius 2 is 2.03 bits per heavy atom. The second-order valence-corrected chi connectivity index (χ2v) is 9.73. The summed E-state index contributed by atoms with van der Waals surface area (Å²) in [6.07, 6.45) is 3.15. The summed E-state index contributed by atoms with van der Waals surface area (Å²) in [5.41, 5.74) is 0.928. The van der Waals surface area contributed by atoms with Crippen LogP contribution in [-0.4, -0.2) is 43.6 Å². The molecule has 0 unspecified atom stereocenters. The number of ether oxygens (including phenoxy) is 1. The number of rotatable bonds is 10. The van der Waals surface area contributed by atoms with Crippen LogP contribution in [0.1, 0.15) is 24.9 Å². The van der Waals surface area contributed by atoms with Gasteiger partial charge in [0.15, 0.2) is 5.13 Å². The van der Waals surface area contributed by atoms with Crippen LogP contribution in [0.3, 0.4) is 0 Å². The normalized spacial score (nSPS) is 11.4. The van der Waals surface area contributed by atoms with Crippen molar-refractivity contribution in [3.8, 4) is 5.75 Å². The number of nitrogens with zero attached hydrogens (tertiary/aromatic N) is 3. The van der Waals surface area contributed by atoms with Gasteiger partial charge in [-0.2, -0.15) is 0 Å². The number of aromatic nitrogens is 3. The number of nitrogens with one attached hydrogen (secondary N) is 2. The number of hydrogen-bond donors (Lipinski definition) is 2. The van der Waals surface area contributed by atoms with Gasteiger partial charge in [-0.05, 0) is 58.5 Å². The molecule has 0 amide bonds. The van der Waals surface area contributed by atoms with Crippen LogP contribution in [0, 0.1) is 6.92 Å². The molecule has 0 aliphatic heterocycles. The Labute approximate surface area is 180 Å². The number of sulfone groups is 1. The van der Waals surface area contributed by atoms with Gasteiger partial charge in [-0.3, -0.25) is 0 Å². The predicted octanol–water partition coefficient (Wildman–Crippen LogP) is 3.37. The van der Waals surface area contributed by atoms with Crippen molar-refractivity contribution in [1.82, 2.24) is 20.3 Å². The van der Waals surface area contributed by atoms with E-state index in [1.54, 1.807) is 18.2 Å². The lowest BCUT2D eigenvalue weighted by atomic mass is 10.2. The SMILES string of the molecule is CCOc1cccc(S(=O)(=O)c2cnc(Nc3cc(CCCNC)nc(C)n3)s2)c1. The van der Waals surface area contributed by atoms with Crippen molar-refractivity contribution in [2.75, 3.05) is 25.5 Å². The lowest BCUT2D eigenvalue weighted by molar-refractivity contribution is 0.339. The predicted molar refractivity (Wildman–Crippen MR) is 117 cm³/mol. The smallest absolute Gasteiger partial charge is 0.217 e. The molecule has 0 aliphatic rings. The Hall–Kier alpha value is -2.56. The first-order chi connectivity index (χ1) is 14.4. The van der Waals surface area contributed by atoms with E-state index < -0.39 is 9.84 Å². The Morgan fingerprint density at radius 3 is 2.80 bits per heavy atom. The van der Waals surface area contributed by atoms with E-state index in [0.29, 0.717) is 29.1 Å². The van der Waals surface area contributed by atoms with Crippen molar-refractivity contribution in [1.29, 1.82) is 0 Å². The quantitative estimate of drug-likeness (QED) is 0.456. The second-order valence-electron chi connectivity index (χ2n) is 6.52. The van der Waals surface area contributed by atoms with E-state index in [-0.39, 0.29) is 9.10 Å². The zero-order valence-corrected chi connectivity index (χ0v) is 18.8. The highest BCUT2D eigenvalue weighted by molar-refractivity contribution is 7.93. The monoisotopic (exact) mass is 447 g/mol. The van der Waals surface area contributed by atoms with Crippen molar-refractivity contribution >= 4 is 32.1 Å². The van der Waals surface area contributed by atoms with Gasteiger partial charge in [0.05, 0.1) is 17.7 Å². The van der Waals surface area contributed by atoms with Crippen molar-refractivity contribution in [2.45, 2.75) is 35.8 Å². The van der Waals surface area contributed by atoms with E-state index in [4.69, 9.17) is 4.74 Å². The van der Waals surface area contributed by atoms with E-state index in [1.807, 2.05) is 27.0 Å². The van der Waals surface area contributed by atoms with Gasteiger partial charge in [0.1, 0.15) is 21.6 Å². The summed E-state index contributed by atoms with van der Waals surface area (Å²) in [4.78, 5) is 13.2. The minimum Gasteiger partial charge on any atom is -0.494 e. The number of anilines is 2. The molecule has 2 heterocycles. The zero-order chi connectivity index (χ0) is 21.6. The number of thiazole rings is 1. The van der Waals surface area contributed by atoms with Gasteiger partial charge >= 0.3 is 0 Å². The molecule has 0 aliphatic carbocycles. The van der Waals surface area contributed by atoms with Gasteiger partial charge in [0.2, 0.25) is 9.84 Å². The van der Waals surface area contributed by atoms with Crippen LogP contribution in [0.5, 0.6) is 5.75 Å². The van der Waals surface area contributed by atoms with Crippen LogP contribution in [0.2, 0.25) is 0 Å². The second kappa shape index (κ2) is 9.96. The third-order valence-electron chi connectivity index (χ3n) is 4.16. The fourth-order valence-corrected chi connectivity index (χ4v) is 5.31. The molecule has 0 fully saturated rings. The highest BCUT2D eigenvalue weighted by atomic mass is 32.2. The third-order valence-corrected chi connectivity index (χ3v) is 7.29. The lowest BCUT2D eigenvalue weighted by Gasteiger charge is -2.07. The maximum atomic E-state index is 13.0. The molecule has 160 valence electrons. The van der Waals surface area contributed by atoms with Gasteiger partial charge in [-0.25, -0.2) is 23.4 Å². The molecule has 30 heavy (non-hydrogen) atoms. The summed E-state index contributed by atoms with van der Waals surface area (Å²) >= 11 is 1.06. The highest BCUT2D eigenvalue weighted by Gasteiger charge is 2.22. The van der Waals surface area contributed by atoms with Crippen molar-refractivity contribution in [3.63, 3.8) is 0 Å². The van der Waals surface area contributed by atoms with Crippen LogP contribution in [0.4, 0.5) is 10.9 Å². The molecule has 3 rings (SSSR count). The largest absolute Gasteiger partial charge is 0.494 e. The van der Waals surface area contributed by atoms with Gasteiger partial charge in [-0.1, -0.05) is 17.4 Å². The lowest BCUT2D eigenvalue weighted by Crippen LogP contribution is -2.09. The molecule has 10 heteroatoms. The Balaban J connectivity index is 1.79. The summed E-state index contributed by atoms with van der Waals surface area (Å²) in [6.45, 7) is 5.05. The molecule has 2 N–H and O–H groups in total. The van der Waals surface area contributed by atoms with Crippen LogP contribution in [-0.2, 0) is 16.3 Å². The average molecular weight is 448 g/mol. The van der Waals surface area contributed by atoms with Crippen molar-refractivity contribution in [2.24, 2.45) is 0 Å². The number of hydrogen-bond acceptors (Lipinski definition) is 9. The molecule has 0 saturated heterocycles. The van der Waals surface area contributed by atoms with Crippen LogP contribution in [0.15, 0.2) is 45.6 Å². The van der Waals surface area contributed by atoms with Gasteiger partial charge in [0, 0.05) is 11.8 Å².